The van der Waals surface area contributed by atoms with E-state index in [1.165, 1.54) is 72.3 Å². The van der Waals surface area contributed by atoms with Crippen LogP contribution in [0.2, 0.25) is 0 Å². The zero-order valence-corrected chi connectivity index (χ0v) is 25.5. The van der Waals surface area contributed by atoms with Crippen LogP contribution in [0, 0.1) is 0 Å². The minimum atomic E-state index is -0.0911. The van der Waals surface area contributed by atoms with Gasteiger partial charge in [-0.1, -0.05) is 125 Å². The van der Waals surface area contributed by atoms with Crippen LogP contribution in [0.15, 0.2) is 127 Å². The summed E-state index contributed by atoms with van der Waals surface area (Å²) in [5, 5.41) is 2.56. The lowest BCUT2D eigenvalue weighted by Crippen LogP contribution is -2.23. The first-order chi connectivity index (χ1) is 21.0. The molecule has 0 aromatic heterocycles. The largest absolute Gasteiger partial charge is 0.309 e. The van der Waals surface area contributed by atoms with Crippen LogP contribution in [0.4, 0.5) is 17.1 Å². The average Bonchev–Trinajstić information content (AvgIpc) is 3.46. The molecule has 8 rings (SSSR count). The van der Waals surface area contributed by atoms with Gasteiger partial charge in [-0.25, -0.2) is 0 Å². The highest BCUT2D eigenvalue weighted by molar-refractivity contribution is 6.10. The van der Waals surface area contributed by atoms with Crippen molar-refractivity contribution in [2.24, 2.45) is 0 Å². The lowest BCUT2D eigenvalue weighted by Gasteiger charge is -2.33. The maximum absolute atomic E-state index is 2.54. The Morgan fingerprint density at radius 1 is 0.512 bits per heavy atom. The molecule has 0 heterocycles. The highest BCUT2D eigenvalue weighted by atomic mass is 15.1. The van der Waals surface area contributed by atoms with Crippen LogP contribution in [-0.4, -0.2) is 0 Å². The van der Waals surface area contributed by atoms with E-state index in [0.29, 0.717) is 0 Å². The van der Waals surface area contributed by atoms with Gasteiger partial charge in [-0.05, 0) is 87.5 Å². The molecule has 6 aromatic rings. The molecular weight excluding hydrogens is 518 g/mol. The highest BCUT2D eigenvalue weighted by Crippen LogP contribution is 2.58. The molecule has 1 nitrogen and oxygen atoms in total. The summed E-state index contributed by atoms with van der Waals surface area (Å²) in [5.41, 5.74) is 14.8. The van der Waals surface area contributed by atoms with Gasteiger partial charge in [0.15, 0.2) is 0 Å². The molecular formula is C42H37N. The molecule has 0 fully saturated rings. The van der Waals surface area contributed by atoms with Gasteiger partial charge >= 0.3 is 0 Å². The van der Waals surface area contributed by atoms with Crippen molar-refractivity contribution in [1.82, 2.24) is 0 Å². The van der Waals surface area contributed by atoms with E-state index in [-0.39, 0.29) is 10.8 Å². The topological polar surface area (TPSA) is 3.24 Å². The Balaban J connectivity index is 1.47. The van der Waals surface area contributed by atoms with Gasteiger partial charge in [0.05, 0.1) is 5.69 Å². The van der Waals surface area contributed by atoms with Gasteiger partial charge in [0, 0.05) is 33.2 Å². The molecule has 0 saturated heterocycles. The van der Waals surface area contributed by atoms with Crippen LogP contribution in [0.1, 0.15) is 62.8 Å². The van der Waals surface area contributed by atoms with Crippen molar-refractivity contribution in [3.63, 3.8) is 0 Å². The third-order valence-electron chi connectivity index (χ3n) is 10.5. The van der Waals surface area contributed by atoms with Crippen molar-refractivity contribution >= 4 is 27.8 Å². The minimum Gasteiger partial charge on any atom is -0.309 e. The zero-order valence-electron chi connectivity index (χ0n) is 25.5. The second kappa shape index (κ2) is 9.44. The number of hydrogen-bond acceptors (Lipinski definition) is 1. The Kier molecular flexibility index (Phi) is 5.72. The van der Waals surface area contributed by atoms with Crippen LogP contribution < -0.4 is 4.90 Å². The first-order valence-corrected chi connectivity index (χ1v) is 15.8. The number of anilines is 3. The first kappa shape index (κ1) is 26.0. The summed E-state index contributed by atoms with van der Waals surface area (Å²) < 4.78 is 0. The molecule has 0 radical (unpaired) electrons. The van der Waals surface area contributed by atoms with Gasteiger partial charge in [-0.3, -0.25) is 0 Å². The number of fused-ring (bicyclic) bond motifs is 7. The molecule has 1 heteroatoms. The van der Waals surface area contributed by atoms with E-state index < -0.39 is 0 Å². The summed E-state index contributed by atoms with van der Waals surface area (Å²) in [6.45, 7) is 9.47. The Hall–Kier alpha value is -4.62. The molecule has 210 valence electrons. The van der Waals surface area contributed by atoms with Crippen LogP contribution in [-0.2, 0) is 10.8 Å². The Morgan fingerprint density at radius 2 is 1.14 bits per heavy atom. The molecule has 2 aliphatic carbocycles. The van der Waals surface area contributed by atoms with Gasteiger partial charge in [0.1, 0.15) is 0 Å². The van der Waals surface area contributed by atoms with Crippen molar-refractivity contribution in [2.75, 3.05) is 4.90 Å². The molecule has 0 aliphatic heterocycles. The summed E-state index contributed by atoms with van der Waals surface area (Å²) >= 11 is 0. The molecule has 0 amide bonds. The fourth-order valence-corrected chi connectivity index (χ4v) is 8.30. The maximum atomic E-state index is 2.54. The minimum absolute atomic E-state index is 0.0135. The third-order valence-corrected chi connectivity index (χ3v) is 10.5. The maximum Gasteiger partial charge on any atom is 0.0621 e. The molecule has 2 aliphatic rings. The van der Waals surface area contributed by atoms with E-state index in [9.17, 15) is 0 Å². The fourth-order valence-electron chi connectivity index (χ4n) is 8.30. The number of rotatable bonds is 5. The van der Waals surface area contributed by atoms with E-state index >= 15 is 0 Å². The predicted octanol–water partition coefficient (Wildman–Crippen LogP) is 11.7. The summed E-state index contributed by atoms with van der Waals surface area (Å²) in [4.78, 5) is 2.54. The van der Waals surface area contributed by atoms with Crippen LogP contribution >= 0.6 is 0 Å². The second-order valence-electron chi connectivity index (χ2n) is 12.8. The van der Waals surface area contributed by atoms with Crippen molar-refractivity contribution in [3.05, 3.63) is 150 Å². The third kappa shape index (κ3) is 3.51. The van der Waals surface area contributed by atoms with E-state index in [0.717, 1.165) is 12.8 Å². The number of nitrogens with zero attached hydrogens (tertiary/aromatic N) is 1. The average molecular weight is 556 g/mol. The summed E-state index contributed by atoms with van der Waals surface area (Å²) in [7, 11) is 0. The SMILES string of the molecule is CCC1(CC)c2ccccc2-c2ccc(N(c3ccccc3)c3c4c(cc5ccccc35)C(C)(C)c3ccccc3-4)cc21. The number of benzene rings is 6. The molecule has 0 spiro atoms. The summed E-state index contributed by atoms with van der Waals surface area (Å²) in [6.07, 6.45) is 2.15. The van der Waals surface area contributed by atoms with Crippen LogP contribution in [0.5, 0.6) is 0 Å². The van der Waals surface area contributed by atoms with Crippen molar-refractivity contribution in [3.8, 4) is 22.3 Å². The van der Waals surface area contributed by atoms with Gasteiger partial charge < -0.3 is 4.90 Å². The van der Waals surface area contributed by atoms with E-state index in [1.807, 2.05) is 0 Å². The van der Waals surface area contributed by atoms with E-state index in [1.54, 1.807) is 0 Å². The lowest BCUT2D eigenvalue weighted by molar-refractivity contribution is 0.490. The molecule has 0 bridgehead atoms. The Labute approximate surface area is 255 Å². The Bertz CT molecular complexity index is 2030. The molecule has 0 saturated carbocycles. The van der Waals surface area contributed by atoms with Crippen molar-refractivity contribution in [1.29, 1.82) is 0 Å². The van der Waals surface area contributed by atoms with Gasteiger partial charge in [-0.15, -0.1) is 0 Å². The quantitative estimate of drug-likeness (QED) is 0.204. The number of hydrogen-bond donors (Lipinski definition) is 0. The smallest absolute Gasteiger partial charge is 0.0621 e. The Morgan fingerprint density at radius 3 is 1.91 bits per heavy atom. The first-order valence-electron chi connectivity index (χ1n) is 15.8. The second-order valence-corrected chi connectivity index (χ2v) is 12.8. The summed E-state index contributed by atoms with van der Waals surface area (Å²) in [6, 6.07) is 47.7. The zero-order chi connectivity index (χ0) is 29.3. The highest BCUT2D eigenvalue weighted by Gasteiger charge is 2.42. The summed E-state index contributed by atoms with van der Waals surface area (Å²) in [5.74, 6) is 0. The molecule has 0 N–H and O–H groups in total. The fraction of sp³-hybridized carbons (Fsp3) is 0.190. The van der Waals surface area contributed by atoms with E-state index in [2.05, 4.69) is 160 Å². The predicted molar refractivity (Wildman–Crippen MR) is 183 cm³/mol. The van der Waals surface area contributed by atoms with Gasteiger partial charge in [0.25, 0.3) is 0 Å². The molecule has 6 aromatic carbocycles. The van der Waals surface area contributed by atoms with E-state index in [4.69, 9.17) is 0 Å². The normalized spacial score (nSPS) is 15.1. The number of para-hydroxylation sites is 1. The van der Waals surface area contributed by atoms with Crippen molar-refractivity contribution in [2.45, 2.75) is 51.4 Å². The van der Waals surface area contributed by atoms with Crippen LogP contribution in [0.25, 0.3) is 33.0 Å². The molecule has 0 unspecified atom stereocenters. The van der Waals surface area contributed by atoms with Gasteiger partial charge in [-0.2, -0.15) is 0 Å². The standard InChI is InChI=1S/C42H37N/c1-5-42(6-2)36-23-15-12-20-32(36)33-25-24-30(27-37(33)42)43(29-17-8-7-9-18-29)40-31-19-11-10-16-28(31)26-38-39(40)34-21-13-14-22-35(34)41(38,3)4/h7-27H,5-6H2,1-4H3. The molecule has 43 heavy (non-hydrogen) atoms. The van der Waals surface area contributed by atoms with Crippen molar-refractivity contribution < 1.29 is 0 Å². The molecule has 0 atom stereocenters. The lowest BCUT2D eigenvalue weighted by atomic mass is 9.74. The van der Waals surface area contributed by atoms with Gasteiger partial charge in [0.2, 0.25) is 0 Å². The monoisotopic (exact) mass is 555 g/mol. The van der Waals surface area contributed by atoms with Crippen LogP contribution in [0.3, 0.4) is 0 Å².